The molecule has 1 saturated heterocycles. The van der Waals surface area contributed by atoms with Crippen LogP contribution in [0.2, 0.25) is 0 Å². The van der Waals surface area contributed by atoms with E-state index in [1.165, 1.54) is 21.2 Å². The van der Waals surface area contributed by atoms with Crippen LogP contribution in [0.1, 0.15) is 25.3 Å². The monoisotopic (exact) mass is 390 g/mol. The van der Waals surface area contributed by atoms with E-state index >= 15 is 0 Å². The first-order chi connectivity index (χ1) is 12.5. The molecule has 1 fully saturated rings. The smallest absolute Gasteiger partial charge is 0.252 e. The molecule has 0 N–H and O–H groups in total. The average Bonchev–Trinajstić information content (AvgIpc) is 3.29. The highest BCUT2D eigenvalue weighted by Crippen LogP contribution is 2.35. The van der Waals surface area contributed by atoms with Gasteiger partial charge in [0.15, 0.2) is 0 Å². The molecule has 138 valence electrons. The van der Waals surface area contributed by atoms with E-state index < -0.39 is 10.0 Å². The van der Waals surface area contributed by atoms with Crippen LogP contribution in [0.15, 0.2) is 46.0 Å². The molecule has 2 aromatic rings. The van der Waals surface area contributed by atoms with Crippen LogP contribution in [0.25, 0.3) is 0 Å². The minimum absolute atomic E-state index is 0.113. The van der Waals surface area contributed by atoms with Crippen molar-refractivity contribution in [3.8, 4) is 0 Å². The molecule has 0 radical (unpaired) electrons. The molecule has 2 aliphatic heterocycles. The number of para-hydroxylation sites is 1. The van der Waals surface area contributed by atoms with E-state index in [-0.39, 0.29) is 17.9 Å². The Morgan fingerprint density at radius 3 is 2.54 bits per heavy atom. The Kier molecular flexibility index (Phi) is 4.62. The molecule has 26 heavy (non-hydrogen) atoms. The molecule has 3 heterocycles. The summed E-state index contributed by atoms with van der Waals surface area (Å²) in [6.07, 6.45) is 2.04. The Bertz CT molecular complexity index is 901. The SMILES string of the molecule is C[C@H]1Cc2ccccc2N1C(=O)C1CCN(S(=O)(=O)c2cccs2)CC1. The fraction of sp³-hybridized carbons (Fsp3) is 0.421. The highest BCUT2D eigenvalue weighted by atomic mass is 32.2. The number of fused-ring (bicyclic) bond motifs is 1. The topological polar surface area (TPSA) is 57.7 Å². The summed E-state index contributed by atoms with van der Waals surface area (Å²) in [5.74, 6) is 0.0222. The van der Waals surface area contributed by atoms with Gasteiger partial charge in [-0.3, -0.25) is 4.79 Å². The van der Waals surface area contributed by atoms with E-state index in [9.17, 15) is 13.2 Å². The number of nitrogens with zero attached hydrogens (tertiary/aromatic N) is 2. The molecule has 0 bridgehead atoms. The highest BCUT2D eigenvalue weighted by molar-refractivity contribution is 7.91. The lowest BCUT2D eigenvalue weighted by Gasteiger charge is -2.33. The van der Waals surface area contributed by atoms with Crippen molar-refractivity contribution in [1.82, 2.24) is 4.31 Å². The van der Waals surface area contributed by atoms with Gasteiger partial charge in [0.1, 0.15) is 4.21 Å². The lowest BCUT2D eigenvalue weighted by Crippen LogP contribution is -2.46. The molecule has 0 saturated carbocycles. The van der Waals surface area contributed by atoms with Crippen molar-refractivity contribution >= 4 is 33.0 Å². The van der Waals surface area contributed by atoms with Gasteiger partial charge in [0.2, 0.25) is 5.91 Å². The van der Waals surface area contributed by atoms with Crippen LogP contribution in [0.3, 0.4) is 0 Å². The molecule has 4 rings (SSSR count). The van der Waals surface area contributed by atoms with Gasteiger partial charge < -0.3 is 4.90 Å². The highest BCUT2D eigenvalue weighted by Gasteiger charge is 2.38. The first-order valence-corrected chi connectivity index (χ1v) is 11.2. The molecular formula is C19H22N2O3S2. The van der Waals surface area contributed by atoms with Gasteiger partial charge >= 0.3 is 0 Å². The zero-order valence-electron chi connectivity index (χ0n) is 14.7. The van der Waals surface area contributed by atoms with Crippen LogP contribution in [0.4, 0.5) is 5.69 Å². The molecule has 0 spiro atoms. The zero-order valence-corrected chi connectivity index (χ0v) is 16.3. The summed E-state index contributed by atoms with van der Waals surface area (Å²) in [7, 11) is -3.42. The molecule has 0 aliphatic carbocycles. The quantitative estimate of drug-likeness (QED) is 0.809. The number of carbonyl (C=O) groups excluding carboxylic acids is 1. The number of hydrogen-bond donors (Lipinski definition) is 0. The number of amides is 1. The Hall–Kier alpha value is -1.70. The van der Waals surface area contributed by atoms with Gasteiger partial charge in [-0.05, 0) is 49.3 Å². The first-order valence-electron chi connectivity index (χ1n) is 8.93. The van der Waals surface area contributed by atoms with Crippen molar-refractivity contribution in [3.63, 3.8) is 0 Å². The first kappa shape index (κ1) is 17.7. The predicted molar refractivity (Wildman–Crippen MR) is 103 cm³/mol. The van der Waals surface area contributed by atoms with E-state index in [1.54, 1.807) is 17.5 Å². The summed E-state index contributed by atoms with van der Waals surface area (Å²) in [5.41, 5.74) is 2.23. The molecule has 1 atom stereocenters. The number of rotatable bonds is 3. The van der Waals surface area contributed by atoms with Crippen LogP contribution >= 0.6 is 11.3 Å². The van der Waals surface area contributed by atoms with Crippen molar-refractivity contribution in [2.75, 3.05) is 18.0 Å². The molecule has 2 aliphatic rings. The summed E-state index contributed by atoms with van der Waals surface area (Å²) in [5, 5.41) is 1.77. The van der Waals surface area contributed by atoms with Gasteiger partial charge in [-0.2, -0.15) is 4.31 Å². The van der Waals surface area contributed by atoms with Gasteiger partial charge in [0.25, 0.3) is 10.0 Å². The number of anilines is 1. The predicted octanol–water partition coefficient (Wildman–Crippen LogP) is 3.13. The van der Waals surface area contributed by atoms with Gasteiger partial charge in [0.05, 0.1) is 0 Å². The Labute approximate surface area is 158 Å². The third kappa shape index (κ3) is 2.98. The second kappa shape index (κ2) is 6.79. The van der Waals surface area contributed by atoms with Crippen molar-refractivity contribution in [2.45, 2.75) is 36.4 Å². The van der Waals surface area contributed by atoms with E-state index in [2.05, 4.69) is 13.0 Å². The number of hydrogen-bond acceptors (Lipinski definition) is 4. The number of sulfonamides is 1. The van der Waals surface area contributed by atoms with Crippen LogP contribution in [0, 0.1) is 5.92 Å². The molecule has 1 aromatic carbocycles. The van der Waals surface area contributed by atoms with E-state index in [0.29, 0.717) is 30.1 Å². The molecular weight excluding hydrogens is 368 g/mol. The van der Waals surface area contributed by atoms with Crippen molar-refractivity contribution < 1.29 is 13.2 Å². The number of carbonyl (C=O) groups is 1. The molecule has 0 unspecified atom stereocenters. The fourth-order valence-corrected chi connectivity index (χ4v) is 6.59. The summed E-state index contributed by atoms with van der Waals surface area (Å²) in [6.45, 7) is 2.88. The Morgan fingerprint density at radius 2 is 1.85 bits per heavy atom. The minimum atomic E-state index is -3.42. The van der Waals surface area contributed by atoms with Crippen molar-refractivity contribution in [2.24, 2.45) is 5.92 Å². The molecule has 1 amide bonds. The van der Waals surface area contributed by atoms with Crippen LogP contribution in [-0.2, 0) is 21.2 Å². The third-order valence-electron chi connectivity index (χ3n) is 5.34. The second-order valence-corrected chi connectivity index (χ2v) is 10.1. The summed E-state index contributed by atoms with van der Waals surface area (Å²) >= 11 is 1.24. The average molecular weight is 391 g/mol. The van der Waals surface area contributed by atoms with Gasteiger partial charge in [-0.1, -0.05) is 24.3 Å². The summed E-state index contributed by atoms with van der Waals surface area (Å²) in [6, 6.07) is 11.6. The standard InChI is InChI=1S/C19H22N2O3S2/c1-14-13-16-5-2-3-6-17(16)21(14)19(22)15-8-10-20(11-9-15)26(23,24)18-7-4-12-25-18/h2-7,12,14-15H,8-11,13H2,1H3/t14-/m0/s1. The van der Waals surface area contributed by atoms with Crippen molar-refractivity contribution in [1.29, 1.82) is 0 Å². The summed E-state index contributed by atoms with van der Waals surface area (Å²) in [4.78, 5) is 15.0. The van der Waals surface area contributed by atoms with Crippen molar-refractivity contribution in [3.05, 3.63) is 47.3 Å². The number of benzene rings is 1. The molecule has 1 aromatic heterocycles. The van der Waals surface area contributed by atoms with E-state index in [0.717, 1.165) is 12.1 Å². The Morgan fingerprint density at radius 1 is 1.12 bits per heavy atom. The largest absolute Gasteiger partial charge is 0.309 e. The van der Waals surface area contributed by atoms with Gasteiger partial charge in [-0.25, -0.2) is 8.42 Å². The lowest BCUT2D eigenvalue weighted by molar-refractivity contribution is -0.123. The minimum Gasteiger partial charge on any atom is -0.309 e. The zero-order chi connectivity index (χ0) is 18.3. The van der Waals surface area contributed by atoms with Crippen LogP contribution in [-0.4, -0.2) is 37.8 Å². The molecule has 5 nitrogen and oxygen atoms in total. The lowest BCUT2D eigenvalue weighted by atomic mass is 9.96. The maximum Gasteiger partial charge on any atom is 0.252 e. The van der Waals surface area contributed by atoms with Crippen LogP contribution in [0.5, 0.6) is 0 Å². The number of thiophene rings is 1. The normalized spacial score (nSPS) is 21.7. The van der Waals surface area contributed by atoms with E-state index in [4.69, 9.17) is 0 Å². The third-order valence-corrected chi connectivity index (χ3v) is 8.61. The van der Waals surface area contributed by atoms with Crippen LogP contribution < -0.4 is 4.90 Å². The summed E-state index contributed by atoms with van der Waals surface area (Å²) < 4.78 is 27.2. The number of piperidine rings is 1. The fourth-order valence-electron chi connectivity index (χ4n) is 3.98. The second-order valence-electron chi connectivity index (χ2n) is 7.00. The van der Waals surface area contributed by atoms with Gasteiger partial charge in [-0.15, -0.1) is 11.3 Å². The van der Waals surface area contributed by atoms with Gasteiger partial charge in [0, 0.05) is 30.7 Å². The van der Waals surface area contributed by atoms with E-state index in [1.807, 2.05) is 23.1 Å². The maximum atomic E-state index is 13.1. The maximum absolute atomic E-state index is 13.1. The molecule has 7 heteroatoms. The Balaban J connectivity index is 1.46.